The van der Waals surface area contributed by atoms with Crippen molar-refractivity contribution in [3.8, 4) is 6.07 Å². The first kappa shape index (κ1) is 14.0. The molecule has 0 aliphatic carbocycles. The Balaban J connectivity index is 2.03. The fourth-order valence-electron chi connectivity index (χ4n) is 2.42. The number of sulfone groups is 1. The van der Waals surface area contributed by atoms with Crippen LogP contribution in [0.5, 0.6) is 0 Å². The molecule has 0 aromatic heterocycles. The second-order valence-corrected chi connectivity index (χ2v) is 7.09. The van der Waals surface area contributed by atoms with Crippen LogP contribution in [0.15, 0.2) is 29.2 Å². The van der Waals surface area contributed by atoms with Gasteiger partial charge in [-0.3, -0.25) is 4.90 Å². The smallest absolute Gasteiger partial charge is 0.179 e. The second-order valence-electron chi connectivity index (χ2n) is 4.98. The Morgan fingerprint density at radius 1 is 1.37 bits per heavy atom. The van der Waals surface area contributed by atoms with Gasteiger partial charge in [-0.2, -0.15) is 5.26 Å². The van der Waals surface area contributed by atoms with E-state index in [1.807, 2.05) is 6.07 Å². The lowest BCUT2D eigenvalue weighted by Crippen LogP contribution is -2.31. The number of rotatable bonds is 4. The van der Waals surface area contributed by atoms with E-state index in [1.165, 1.54) is 12.1 Å². The summed E-state index contributed by atoms with van der Waals surface area (Å²) in [5.74, 6) is 0.142. The summed E-state index contributed by atoms with van der Waals surface area (Å²) in [6, 6.07) is 8.59. The van der Waals surface area contributed by atoms with Gasteiger partial charge in [0, 0.05) is 12.6 Å². The topological polar surface area (TPSA) is 61.2 Å². The van der Waals surface area contributed by atoms with Gasteiger partial charge in [0.15, 0.2) is 9.84 Å². The minimum atomic E-state index is -3.25. The van der Waals surface area contributed by atoms with Gasteiger partial charge in [0.2, 0.25) is 0 Å². The van der Waals surface area contributed by atoms with Crippen molar-refractivity contribution in [2.24, 2.45) is 0 Å². The summed E-state index contributed by atoms with van der Waals surface area (Å²) < 4.78 is 24.4. The summed E-state index contributed by atoms with van der Waals surface area (Å²) in [5, 5.41) is 8.70. The van der Waals surface area contributed by atoms with E-state index in [4.69, 9.17) is 5.26 Å². The maximum atomic E-state index is 12.2. The highest BCUT2D eigenvalue weighted by molar-refractivity contribution is 7.91. The first-order valence-corrected chi connectivity index (χ1v) is 8.15. The third kappa shape index (κ3) is 3.34. The number of likely N-dealkylation sites (tertiary alicyclic amines) is 1. The highest BCUT2D eigenvalue weighted by Crippen LogP contribution is 2.18. The van der Waals surface area contributed by atoms with E-state index in [1.54, 1.807) is 12.1 Å². The van der Waals surface area contributed by atoms with E-state index >= 15 is 0 Å². The van der Waals surface area contributed by atoms with Crippen LogP contribution in [0, 0.1) is 11.3 Å². The second kappa shape index (κ2) is 5.72. The lowest BCUT2D eigenvalue weighted by molar-refractivity contribution is 0.284. The number of hydrogen-bond donors (Lipinski definition) is 0. The first-order valence-electron chi connectivity index (χ1n) is 6.50. The van der Waals surface area contributed by atoms with Gasteiger partial charge in [-0.25, -0.2) is 8.42 Å². The minimum Gasteiger partial charge on any atom is -0.300 e. The standard InChI is InChI=1S/C14H18N2O2S/c1-12-3-2-8-16(12)9-10-19(17,18)14-6-4-13(11-15)5-7-14/h4-7,12H,2-3,8-10H2,1H3. The lowest BCUT2D eigenvalue weighted by atomic mass is 10.2. The maximum absolute atomic E-state index is 12.2. The van der Waals surface area contributed by atoms with Gasteiger partial charge >= 0.3 is 0 Å². The molecule has 4 nitrogen and oxygen atoms in total. The molecule has 0 N–H and O–H groups in total. The molecular weight excluding hydrogens is 260 g/mol. The van der Waals surface area contributed by atoms with Crippen molar-refractivity contribution in [2.45, 2.75) is 30.7 Å². The van der Waals surface area contributed by atoms with Crippen LogP contribution >= 0.6 is 0 Å². The normalized spacial score (nSPS) is 20.3. The van der Waals surface area contributed by atoms with E-state index in [0.717, 1.165) is 19.4 Å². The van der Waals surface area contributed by atoms with Crippen molar-refractivity contribution in [1.29, 1.82) is 5.26 Å². The Morgan fingerprint density at radius 3 is 2.58 bits per heavy atom. The average Bonchev–Trinajstić information content (AvgIpc) is 2.82. The molecule has 1 aromatic carbocycles. The van der Waals surface area contributed by atoms with Gasteiger partial charge in [0.1, 0.15) is 0 Å². The summed E-state index contributed by atoms with van der Waals surface area (Å²) in [6.07, 6.45) is 2.30. The summed E-state index contributed by atoms with van der Waals surface area (Å²) in [5.41, 5.74) is 0.479. The number of nitrogens with zero attached hydrogens (tertiary/aromatic N) is 2. The molecule has 1 saturated heterocycles. The van der Waals surface area contributed by atoms with Crippen LogP contribution in [-0.2, 0) is 9.84 Å². The molecule has 0 saturated carbocycles. The molecule has 1 heterocycles. The summed E-state index contributed by atoms with van der Waals surface area (Å²) in [6.45, 7) is 3.72. The van der Waals surface area contributed by atoms with E-state index in [-0.39, 0.29) is 5.75 Å². The van der Waals surface area contributed by atoms with Crippen LogP contribution in [0.4, 0.5) is 0 Å². The Hall–Kier alpha value is -1.38. The quantitative estimate of drug-likeness (QED) is 0.843. The summed E-state index contributed by atoms with van der Waals surface area (Å²) in [4.78, 5) is 2.53. The van der Waals surface area contributed by atoms with Gasteiger partial charge in [-0.05, 0) is 50.6 Å². The van der Waals surface area contributed by atoms with Crippen LogP contribution in [0.1, 0.15) is 25.3 Å². The van der Waals surface area contributed by atoms with Crippen LogP contribution < -0.4 is 0 Å². The van der Waals surface area contributed by atoms with Gasteiger partial charge in [-0.15, -0.1) is 0 Å². The molecule has 2 rings (SSSR count). The summed E-state index contributed by atoms with van der Waals surface area (Å²) in [7, 11) is -3.25. The number of hydrogen-bond acceptors (Lipinski definition) is 4. The third-order valence-corrected chi connectivity index (χ3v) is 5.39. The summed E-state index contributed by atoms with van der Waals surface area (Å²) >= 11 is 0. The predicted octanol–water partition coefficient (Wildman–Crippen LogP) is 1.82. The van der Waals surface area contributed by atoms with Crippen molar-refractivity contribution < 1.29 is 8.42 Å². The van der Waals surface area contributed by atoms with Crippen molar-refractivity contribution >= 4 is 9.84 Å². The van der Waals surface area contributed by atoms with Crippen LogP contribution in [-0.4, -0.2) is 38.2 Å². The predicted molar refractivity (Wildman–Crippen MR) is 73.5 cm³/mol. The molecule has 0 spiro atoms. The molecule has 1 aromatic rings. The zero-order valence-corrected chi connectivity index (χ0v) is 11.9. The SMILES string of the molecule is CC1CCCN1CCS(=O)(=O)c1ccc(C#N)cc1. The van der Waals surface area contributed by atoms with E-state index in [0.29, 0.717) is 23.0 Å². The third-order valence-electron chi connectivity index (χ3n) is 3.68. The Labute approximate surface area is 114 Å². The molecule has 5 heteroatoms. The van der Waals surface area contributed by atoms with E-state index < -0.39 is 9.84 Å². The molecule has 102 valence electrons. The van der Waals surface area contributed by atoms with Crippen molar-refractivity contribution in [2.75, 3.05) is 18.8 Å². The van der Waals surface area contributed by atoms with Crippen molar-refractivity contribution in [1.82, 2.24) is 4.90 Å². The number of nitriles is 1. The van der Waals surface area contributed by atoms with Gasteiger partial charge in [0.05, 0.1) is 22.3 Å². The molecule has 1 aliphatic heterocycles. The van der Waals surface area contributed by atoms with Crippen LogP contribution in [0.2, 0.25) is 0 Å². The highest BCUT2D eigenvalue weighted by Gasteiger charge is 2.23. The molecule has 0 radical (unpaired) electrons. The number of benzene rings is 1. The first-order chi connectivity index (χ1) is 9.03. The monoisotopic (exact) mass is 278 g/mol. The molecule has 19 heavy (non-hydrogen) atoms. The largest absolute Gasteiger partial charge is 0.300 e. The van der Waals surface area contributed by atoms with Gasteiger partial charge < -0.3 is 0 Å². The minimum absolute atomic E-state index is 0.142. The van der Waals surface area contributed by atoms with Crippen LogP contribution in [0.3, 0.4) is 0 Å². The van der Waals surface area contributed by atoms with Gasteiger partial charge in [0.25, 0.3) is 0 Å². The molecule has 1 aliphatic rings. The van der Waals surface area contributed by atoms with E-state index in [9.17, 15) is 8.42 Å². The lowest BCUT2D eigenvalue weighted by Gasteiger charge is -2.20. The molecule has 1 unspecified atom stereocenters. The molecule has 0 amide bonds. The molecule has 1 fully saturated rings. The highest BCUT2D eigenvalue weighted by atomic mass is 32.2. The maximum Gasteiger partial charge on any atom is 0.179 e. The fraction of sp³-hybridized carbons (Fsp3) is 0.500. The molecular formula is C14H18N2O2S. The Bertz CT molecular complexity index is 572. The zero-order chi connectivity index (χ0) is 13.9. The van der Waals surface area contributed by atoms with Crippen molar-refractivity contribution in [3.05, 3.63) is 29.8 Å². The van der Waals surface area contributed by atoms with Crippen LogP contribution in [0.25, 0.3) is 0 Å². The molecule has 1 atom stereocenters. The fourth-order valence-corrected chi connectivity index (χ4v) is 3.68. The Kier molecular flexibility index (Phi) is 4.23. The zero-order valence-electron chi connectivity index (χ0n) is 11.0. The van der Waals surface area contributed by atoms with Crippen molar-refractivity contribution in [3.63, 3.8) is 0 Å². The Morgan fingerprint density at radius 2 is 2.05 bits per heavy atom. The van der Waals surface area contributed by atoms with Gasteiger partial charge in [-0.1, -0.05) is 0 Å². The molecule has 0 bridgehead atoms. The van der Waals surface area contributed by atoms with E-state index in [2.05, 4.69) is 11.8 Å². The average molecular weight is 278 g/mol.